The van der Waals surface area contributed by atoms with E-state index in [4.69, 9.17) is 19.3 Å². The molecule has 1 aliphatic rings. The molecule has 1 aromatic rings. The zero-order valence-electron chi connectivity index (χ0n) is 9.21. The summed E-state index contributed by atoms with van der Waals surface area (Å²) in [5.41, 5.74) is 0.544. The SMILES string of the molecule is O=P(O)(O)Cc1ccc2c(c1)OCO2.[H-].[Na+]. The van der Waals surface area contributed by atoms with E-state index in [9.17, 15) is 4.57 Å². The van der Waals surface area contributed by atoms with E-state index in [0.717, 1.165) is 0 Å². The third kappa shape index (κ3) is 3.48. The first-order valence-corrected chi connectivity index (χ1v) is 5.77. The number of hydrogen-bond acceptors (Lipinski definition) is 3. The molecule has 0 atom stereocenters. The molecule has 5 nitrogen and oxygen atoms in total. The number of fused-ring (bicyclic) bond motifs is 1. The first kappa shape index (κ1) is 13.0. The van der Waals surface area contributed by atoms with E-state index in [1.807, 2.05) is 0 Å². The zero-order valence-corrected chi connectivity index (χ0v) is 11.1. The topological polar surface area (TPSA) is 76.0 Å². The second-order valence-corrected chi connectivity index (χ2v) is 4.66. The summed E-state index contributed by atoms with van der Waals surface area (Å²) < 4.78 is 20.9. The van der Waals surface area contributed by atoms with Crippen LogP contribution in [0.15, 0.2) is 18.2 Å². The molecule has 0 aliphatic carbocycles. The summed E-state index contributed by atoms with van der Waals surface area (Å²) in [4.78, 5) is 17.5. The Bertz CT molecular complexity index is 407. The van der Waals surface area contributed by atoms with Crippen LogP contribution in [0.4, 0.5) is 0 Å². The van der Waals surface area contributed by atoms with Gasteiger partial charge >= 0.3 is 37.2 Å². The molecule has 7 heteroatoms. The number of benzene rings is 1. The average Bonchev–Trinajstić information content (AvgIpc) is 2.47. The Morgan fingerprint density at radius 1 is 1.33 bits per heavy atom. The number of hydrogen-bond donors (Lipinski definition) is 2. The molecule has 0 aromatic heterocycles. The summed E-state index contributed by atoms with van der Waals surface area (Å²) in [7, 11) is -4.01. The van der Waals surface area contributed by atoms with Crippen LogP contribution in [-0.4, -0.2) is 16.6 Å². The predicted octanol–water partition coefficient (Wildman–Crippen LogP) is -1.79. The minimum absolute atomic E-state index is 0. The van der Waals surface area contributed by atoms with Crippen molar-refractivity contribution in [1.82, 2.24) is 0 Å². The van der Waals surface area contributed by atoms with Crippen molar-refractivity contribution in [2.24, 2.45) is 0 Å². The quantitative estimate of drug-likeness (QED) is 0.471. The number of ether oxygens (including phenoxy) is 2. The summed E-state index contributed by atoms with van der Waals surface area (Å²) in [5.74, 6) is 1.15. The molecule has 78 valence electrons. The van der Waals surface area contributed by atoms with Gasteiger partial charge < -0.3 is 20.7 Å². The van der Waals surface area contributed by atoms with Crippen LogP contribution in [0.5, 0.6) is 11.5 Å². The molecule has 0 fully saturated rings. The molecule has 1 aliphatic heterocycles. The molecule has 0 amide bonds. The molecule has 0 radical (unpaired) electrons. The summed E-state index contributed by atoms with van der Waals surface area (Å²) in [6, 6.07) is 4.85. The van der Waals surface area contributed by atoms with Gasteiger partial charge in [-0.3, -0.25) is 4.57 Å². The van der Waals surface area contributed by atoms with Gasteiger partial charge in [-0.2, -0.15) is 0 Å². The molecule has 15 heavy (non-hydrogen) atoms. The van der Waals surface area contributed by atoms with Crippen molar-refractivity contribution in [3.05, 3.63) is 23.8 Å². The van der Waals surface area contributed by atoms with E-state index in [1.54, 1.807) is 18.2 Å². The summed E-state index contributed by atoms with van der Waals surface area (Å²) in [5, 5.41) is 0. The van der Waals surface area contributed by atoms with Gasteiger partial charge in [0.2, 0.25) is 6.79 Å². The minimum atomic E-state index is -4.01. The molecule has 2 N–H and O–H groups in total. The first-order valence-electron chi connectivity index (χ1n) is 3.98. The maximum atomic E-state index is 10.7. The van der Waals surface area contributed by atoms with Crippen molar-refractivity contribution < 1.29 is 54.8 Å². The summed E-state index contributed by atoms with van der Waals surface area (Å²) >= 11 is 0. The van der Waals surface area contributed by atoms with Crippen LogP contribution in [0.3, 0.4) is 0 Å². The standard InChI is InChI=1S/C8H9O5P.Na.H/c9-14(10,11)4-6-1-2-7-8(3-6)13-5-12-7;;/h1-3H,4-5H2,(H2,9,10,11);;/q;+1;-1. The van der Waals surface area contributed by atoms with Gasteiger partial charge in [0.25, 0.3) is 0 Å². The smallest absolute Gasteiger partial charge is 1.00 e. The Kier molecular flexibility index (Phi) is 4.23. The van der Waals surface area contributed by atoms with Crippen molar-refractivity contribution >= 4 is 7.60 Å². The van der Waals surface area contributed by atoms with E-state index in [-0.39, 0.29) is 43.9 Å². The fraction of sp³-hybridized carbons (Fsp3) is 0.250. The van der Waals surface area contributed by atoms with E-state index in [2.05, 4.69) is 0 Å². The Morgan fingerprint density at radius 2 is 2.00 bits per heavy atom. The minimum Gasteiger partial charge on any atom is -1.00 e. The van der Waals surface area contributed by atoms with Crippen molar-refractivity contribution in [3.63, 3.8) is 0 Å². The fourth-order valence-electron chi connectivity index (χ4n) is 1.28. The van der Waals surface area contributed by atoms with Crippen LogP contribution in [0, 0.1) is 0 Å². The monoisotopic (exact) mass is 240 g/mol. The van der Waals surface area contributed by atoms with Crippen LogP contribution in [0.2, 0.25) is 0 Å². The van der Waals surface area contributed by atoms with Gasteiger partial charge in [0.1, 0.15) is 0 Å². The Hall–Kier alpha value is -0.0300. The van der Waals surface area contributed by atoms with Crippen LogP contribution in [-0.2, 0) is 10.7 Å². The zero-order chi connectivity index (χ0) is 10.2. The molecule has 0 saturated carbocycles. The molecule has 2 rings (SSSR count). The van der Waals surface area contributed by atoms with E-state index in [0.29, 0.717) is 17.1 Å². The van der Waals surface area contributed by atoms with Crippen LogP contribution >= 0.6 is 7.60 Å². The normalized spacial score (nSPS) is 13.5. The predicted molar refractivity (Wildman–Crippen MR) is 49.4 cm³/mol. The summed E-state index contributed by atoms with van der Waals surface area (Å²) in [6.07, 6.45) is -0.274. The van der Waals surface area contributed by atoms with Crippen LogP contribution in [0.25, 0.3) is 0 Å². The molecule has 0 bridgehead atoms. The second kappa shape index (κ2) is 4.87. The van der Waals surface area contributed by atoms with E-state index >= 15 is 0 Å². The van der Waals surface area contributed by atoms with Crippen molar-refractivity contribution in [1.29, 1.82) is 0 Å². The van der Waals surface area contributed by atoms with Crippen molar-refractivity contribution in [3.8, 4) is 11.5 Å². The fourth-order valence-corrected chi connectivity index (χ4v) is 1.95. The van der Waals surface area contributed by atoms with Crippen LogP contribution in [0.1, 0.15) is 6.99 Å². The molecule has 0 saturated heterocycles. The van der Waals surface area contributed by atoms with Gasteiger partial charge in [-0.15, -0.1) is 0 Å². The molecule has 0 spiro atoms. The largest absolute Gasteiger partial charge is 1.00 e. The Morgan fingerprint density at radius 3 is 2.67 bits per heavy atom. The maximum absolute atomic E-state index is 10.7. The van der Waals surface area contributed by atoms with Gasteiger partial charge in [0, 0.05) is 0 Å². The van der Waals surface area contributed by atoms with Gasteiger partial charge in [-0.1, -0.05) is 6.07 Å². The van der Waals surface area contributed by atoms with Gasteiger partial charge in [-0.05, 0) is 17.7 Å². The van der Waals surface area contributed by atoms with E-state index in [1.165, 1.54) is 0 Å². The number of rotatable bonds is 2. The van der Waals surface area contributed by atoms with Gasteiger partial charge in [0.05, 0.1) is 6.16 Å². The Balaban J connectivity index is 0.00000112. The third-order valence-corrected chi connectivity index (χ3v) is 2.60. The third-order valence-electron chi connectivity index (χ3n) is 1.83. The van der Waals surface area contributed by atoms with Crippen molar-refractivity contribution in [2.45, 2.75) is 6.16 Å². The van der Waals surface area contributed by atoms with Gasteiger partial charge in [0.15, 0.2) is 11.5 Å². The van der Waals surface area contributed by atoms with Gasteiger partial charge in [-0.25, -0.2) is 0 Å². The second-order valence-electron chi connectivity index (χ2n) is 3.01. The first-order chi connectivity index (χ1) is 6.54. The molecule has 1 aromatic carbocycles. The van der Waals surface area contributed by atoms with Crippen molar-refractivity contribution in [2.75, 3.05) is 6.79 Å². The molecular weight excluding hydrogens is 230 g/mol. The van der Waals surface area contributed by atoms with Crippen LogP contribution < -0.4 is 39.0 Å². The maximum Gasteiger partial charge on any atom is 1.00 e. The molecule has 1 heterocycles. The average molecular weight is 240 g/mol. The molecular formula is C8H10NaO5P. The summed E-state index contributed by atoms with van der Waals surface area (Å²) in [6.45, 7) is 0.161. The molecule has 0 unspecified atom stereocenters. The van der Waals surface area contributed by atoms with E-state index < -0.39 is 7.60 Å². The Labute approximate surface area is 110 Å².